The largest absolute Gasteiger partial charge is 0.497 e. The Morgan fingerprint density at radius 1 is 0.833 bits per heavy atom. The van der Waals surface area contributed by atoms with E-state index < -0.39 is 5.97 Å². The maximum absolute atomic E-state index is 12.2. The molecule has 126 valence electrons. The van der Waals surface area contributed by atoms with Gasteiger partial charge in [0.1, 0.15) is 5.75 Å². The number of carbonyl (C=O) groups excluding carboxylic acids is 1. The summed E-state index contributed by atoms with van der Waals surface area (Å²) in [6.07, 6.45) is 1.75. The van der Waals surface area contributed by atoms with E-state index in [1.54, 1.807) is 51.7 Å². The molecule has 0 heterocycles. The molecule has 5 heteroatoms. The van der Waals surface area contributed by atoms with Gasteiger partial charge in [-0.25, -0.2) is 4.79 Å². The van der Waals surface area contributed by atoms with Gasteiger partial charge in [-0.2, -0.15) is 0 Å². The van der Waals surface area contributed by atoms with E-state index in [1.807, 2.05) is 18.2 Å². The van der Waals surface area contributed by atoms with E-state index in [-0.39, 0.29) is 0 Å². The molecule has 0 atom stereocenters. The molecule has 2 aromatic rings. The van der Waals surface area contributed by atoms with E-state index in [1.165, 1.54) is 7.11 Å². The highest BCUT2D eigenvalue weighted by molar-refractivity contribution is 6.21. The molecule has 0 aliphatic carbocycles. The third-order valence-electron chi connectivity index (χ3n) is 3.52. The first-order valence-corrected chi connectivity index (χ1v) is 7.29. The summed E-state index contributed by atoms with van der Waals surface area (Å²) in [6.45, 7) is 0. The molecule has 0 saturated carbocycles. The zero-order valence-corrected chi connectivity index (χ0v) is 14.2. The molecule has 2 aromatic carbocycles. The Labute approximate surface area is 141 Å². The fourth-order valence-electron chi connectivity index (χ4n) is 2.25. The number of benzene rings is 2. The van der Waals surface area contributed by atoms with E-state index in [0.717, 1.165) is 11.1 Å². The molecule has 24 heavy (non-hydrogen) atoms. The number of methoxy groups -OCH3 is 4. The predicted octanol–water partition coefficient (Wildman–Crippen LogP) is 3.43. The van der Waals surface area contributed by atoms with E-state index in [4.69, 9.17) is 18.9 Å². The van der Waals surface area contributed by atoms with Crippen molar-refractivity contribution in [2.45, 2.75) is 0 Å². The first-order chi connectivity index (χ1) is 11.6. The molecular weight excluding hydrogens is 308 g/mol. The lowest BCUT2D eigenvalue weighted by Gasteiger charge is -2.10. The summed E-state index contributed by atoms with van der Waals surface area (Å²) < 4.78 is 20.6. The number of hydrogen-bond donors (Lipinski definition) is 0. The quantitative estimate of drug-likeness (QED) is 0.462. The molecule has 5 nitrogen and oxygen atoms in total. The standard InChI is InChI=1S/C19H20O5/c1-21-15-8-6-14(7-9-15)16(19(20)24-4)11-13-5-10-17(22-2)18(12-13)23-3/h5-12H,1-4H3/b16-11+. The minimum atomic E-state index is -0.421. The topological polar surface area (TPSA) is 54.0 Å². The van der Waals surface area contributed by atoms with Gasteiger partial charge in [0, 0.05) is 0 Å². The van der Waals surface area contributed by atoms with Crippen molar-refractivity contribution in [3.05, 3.63) is 53.6 Å². The van der Waals surface area contributed by atoms with Crippen molar-refractivity contribution in [3.8, 4) is 17.2 Å². The lowest BCUT2D eigenvalue weighted by atomic mass is 10.0. The third-order valence-corrected chi connectivity index (χ3v) is 3.52. The average molecular weight is 328 g/mol. The van der Waals surface area contributed by atoms with Crippen molar-refractivity contribution in [1.29, 1.82) is 0 Å². The zero-order chi connectivity index (χ0) is 17.5. The SMILES string of the molecule is COC(=O)/C(=C/c1ccc(OC)c(OC)c1)c1ccc(OC)cc1. The predicted molar refractivity (Wildman–Crippen MR) is 92.4 cm³/mol. The number of carbonyl (C=O) groups is 1. The van der Waals surface area contributed by atoms with Crippen LogP contribution in [0.15, 0.2) is 42.5 Å². The lowest BCUT2D eigenvalue weighted by molar-refractivity contribution is -0.133. The highest BCUT2D eigenvalue weighted by atomic mass is 16.5. The average Bonchev–Trinajstić information content (AvgIpc) is 2.65. The molecule has 0 bridgehead atoms. The van der Waals surface area contributed by atoms with E-state index in [9.17, 15) is 4.79 Å². The summed E-state index contributed by atoms with van der Waals surface area (Å²) in [7, 11) is 6.09. The van der Waals surface area contributed by atoms with Gasteiger partial charge in [0.2, 0.25) is 0 Å². The molecule has 0 unspecified atom stereocenters. The Morgan fingerprint density at radius 3 is 2.04 bits per heavy atom. The summed E-state index contributed by atoms with van der Waals surface area (Å²) in [5, 5.41) is 0. The van der Waals surface area contributed by atoms with E-state index in [2.05, 4.69) is 0 Å². The number of rotatable bonds is 6. The minimum absolute atomic E-state index is 0.421. The van der Waals surface area contributed by atoms with Crippen molar-refractivity contribution in [3.63, 3.8) is 0 Å². The molecule has 0 saturated heterocycles. The van der Waals surface area contributed by atoms with Crippen LogP contribution >= 0.6 is 0 Å². The van der Waals surface area contributed by atoms with E-state index >= 15 is 0 Å². The molecule has 0 aliphatic rings. The maximum Gasteiger partial charge on any atom is 0.338 e. The van der Waals surface area contributed by atoms with Crippen LogP contribution < -0.4 is 14.2 Å². The summed E-state index contributed by atoms with van der Waals surface area (Å²) in [5.74, 6) is 1.51. The Morgan fingerprint density at radius 2 is 1.50 bits per heavy atom. The summed E-state index contributed by atoms with van der Waals surface area (Å²) >= 11 is 0. The molecule has 0 aliphatic heterocycles. The van der Waals surface area contributed by atoms with Crippen molar-refractivity contribution in [2.24, 2.45) is 0 Å². The molecule has 0 amide bonds. The molecule has 0 N–H and O–H groups in total. The van der Waals surface area contributed by atoms with Gasteiger partial charge in [0.15, 0.2) is 11.5 Å². The second-order valence-corrected chi connectivity index (χ2v) is 4.89. The summed E-state index contributed by atoms with van der Waals surface area (Å²) in [6, 6.07) is 12.6. The van der Waals surface area contributed by atoms with Gasteiger partial charge in [-0.3, -0.25) is 0 Å². The third kappa shape index (κ3) is 3.87. The van der Waals surface area contributed by atoms with Gasteiger partial charge in [0.25, 0.3) is 0 Å². The van der Waals surface area contributed by atoms with Crippen LogP contribution in [0, 0.1) is 0 Å². The fraction of sp³-hybridized carbons (Fsp3) is 0.211. The normalized spacial score (nSPS) is 10.9. The molecule has 0 spiro atoms. The number of ether oxygens (including phenoxy) is 4. The van der Waals surface area contributed by atoms with Crippen LogP contribution in [0.4, 0.5) is 0 Å². The summed E-state index contributed by atoms with van der Waals surface area (Å²) in [5.41, 5.74) is 1.97. The van der Waals surface area contributed by atoms with Gasteiger partial charge < -0.3 is 18.9 Å². The zero-order valence-electron chi connectivity index (χ0n) is 14.2. The Kier molecular flexibility index (Phi) is 5.84. The molecule has 0 fully saturated rings. The Bertz CT molecular complexity index is 732. The fourth-order valence-corrected chi connectivity index (χ4v) is 2.25. The summed E-state index contributed by atoms with van der Waals surface area (Å²) in [4.78, 5) is 12.2. The molecule has 0 radical (unpaired) electrons. The Balaban J connectivity index is 2.47. The highest BCUT2D eigenvalue weighted by Crippen LogP contribution is 2.30. The Hall–Kier alpha value is -2.95. The molecule has 2 rings (SSSR count). The monoisotopic (exact) mass is 328 g/mol. The first kappa shape index (κ1) is 17.4. The van der Waals surface area contributed by atoms with Gasteiger partial charge in [-0.15, -0.1) is 0 Å². The van der Waals surface area contributed by atoms with Crippen molar-refractivity contribution in [2.75, 3.05) is 28.4 Å². The number of esters is 1. The van der Waals surface area contributed by atoms with Crippen LogP contribution in [0.3, 0.4) is 0 Å². The molecule has 0 aromatic heterocycles. The van der Waals surface area contributed by atoms with Gasteiger partial charge in [0.05, 0.1) is 34.0 Å². The molecular formula is C19H20O5. The van der Waals surface area contributed by atoms with Gasteiger partial charge in [-0.05, 0) is 41.5 Å². The lowest BCUT2D eigenvalue weighted by Crippen LogP contribution is -2.04. The first-order valence-electron chi connectivity index (χ1n) is 7.29. The smallest absolute Gasteiger partial charge is 0.338 e. The van der Waals surface area contributed by atoms with Gasteiger partial charge >= 0.3 is 5.97 Å². The van der Waals surface area contributed by atoms with Crippen molar-refractivity contribution >= 4 is 17.6 Å². The van der Waals surface area contributed by atoms with Crippen LogP contribution in [0.2, 0.25) is 0 Å². The minimum Gasteiger partial charge on any atom is -0.497 e. The van der Waals surface area contributed by atoms with Gasteiger partial charge in [-0.1, -0.05) is 18.2 Å². The van der Waals surface area contributed by atoms with Crippen molar-refractivity contribution in [1.82, 2.24) is 0 Å². The number of hydrogen-bond acceptors (Lipinski definition) is 5. The van der Waals surface area contributed by atoms with Crippen LogP contribution in [-0.2, 0) is 9.53 Å². The maximum atomic E-state index is 12.2. The second-order valence-electron chi connectivity index (χ2n) is 4.89. The van der Waals surface area contributed by atoms with Crippen LogP contribution in [0.5, 0.6) is 17.2 Å². The second kappa shape index (κ2) is 8.06. The van der Waals surface area contributed by atoms with E-state index in [0.29, 0.717) is 22.8 Å². The van der Waals surface area contributed by atoms with Crippen LogP contribution in [-0.4, -0.2) is 34.4 Å². The van der Waals surface area contributed by atoms with Crippen LogP contribution in [0.1, 0.15) is 11.1 Å². The highest BCUT2D eigenvalue weighted by Gasteiger charge is 2.13. The van der Waals surface area contributed by atoms with Crippen molar-refractivity contribution < 1.29 is 23.7 Å². The van der Waals surface area contributed by atoms with Crippen LogP contribution in [0.25, 0.3) is 11.6 Å².